The zero-order valence-electron chi connectivity index (χ0n) is 9.50. The largest absolute Gasteiger partial charge is 0.491 e. The molecule has 0 aliphatic carbocycles. The fourth-order valence-corrected chi connectivity index (χ4v) is 3.91. The SMILES string of the molecule is O=S1(=O)CCC(c2ccccc2OCCO)C1. The molecule has 2 rings (SSSR count). The molecule has 1 saturated heterocycles. The molecule has 0 saturated carbocycles. The van der Waals surface area contributed by atoms with Gasteiger partial charge in [-0.3, -0.25) is 0 Å². The predicted octanol–water partition coefficient (Wildman–Crippen LogP) is 0.960. The van der Waals surface area contributed by atoms with Crippen LogP contribution in [0, 0.1) is 0 Å². The summed E-state index contributed by atoms with van der Waals surface area (Å²) < 4.78 is 28.3. The first-order chi connectivity index (χ1) is 8.12. The Kier molecular flexibility index (Phi) is 3.69. The molecule has 1 aromatic rings. The number of hydrogen-bond donors (Lipinski definition) is 1. The molecule has 1 aliphatic rings. The number of benzene rings is 1. The first-order valence-electron chi connectivity index (χ1n) is 5.65. The van der Waals surface area contributed by atoms with Crippen molar-refractivity contribution in [3.8, 4) is 5.75 Å². The topological polar surface area (TPSA) is 63.6 Å². The first kappa shape index (κ1) is 12.4. The molecule has 94 valence electrons. The van der Waals surface area contributed by atoms with Gasteiger partial charge in [0.15, 0.2) is 9.84 Å². The minimum Gasteiger partial charge on any atom is -0.491 e. The fourth-order valence-electron chi connectivity index (χ4n) is 2.15. The minimum absolute atomic E-state index is 0.0230. The summed E-state index contributed by atoms with van der Waals surface area (Å²) in [6, 6.07) is 7.44. The highest BCUT2D eigenvalue weighted by atomic mass is 32.2. The van der Waals surface area contributed by atoms with Crippen LogP contribution in [0.15, 0.2) is 24.3 Å². The van der Waals surface area contributed by atoms with Crippen molar-refractivity contribution in [2.24, 2.45) is 0 Å². The van der Waals surface area contributed by atoms with Crippen LogP contribution in [0.1, 0.15) is 17.9 Å². The number of aliphatic hydroxyl groups is 1. The number of para-hydroxylation sites is 1. The van der Waals surface area contributed by atoms with E-state index in [-0.39, 0.29) is 30.6 Å². The Bertz CT molecular complexity index is 481. The maximum absolute atomic E-state index is 11.5. The molecular formula is C12H16O4S. The van der Waals surface area contributed by atoms with E-state index in [0.717, 1.165) is 5.56 Å². The summed E-state index contributed by atoms with van der Waals surface area (Å²) in [5, 5.41) is 8.75. The van der Waals surface area contributed by atoms with Crippen molar-refractivity contribution < 1.29 is 18.3 Å². The van der Waals surface area contributed by atoms with Gasteiger partial charge in [0, 0.05) is 5.92 Å². The van der Waals surface area contributed by atoms with Crippen LogP contribution in [-0.2, 0) is 9.84 Å². The molecular weight excluding hydrogens is 240 g/mol. The van der Waals surface area contributed by atoms with Crippen molar-refractivity contribution in [2.75, 3.05) is 24.7 Å². The zero-order valence-corrected chi connectivity index (χ0v) is 10.3. The lowest BCUT2D eigenvalue weighted by Gasteiger charge is -2.14. The van der Waals surface area contributed by atoms with Crippen LogP contribution >= 0.6 is 0 Å². The van der Waals surface area contributed by atoms with E-state index in [2.05, 4.69) is 0 Å². The van der Waals surface area contributed by atoms with E-state index < -0.39 is 9.84 Å². The fraction of sp³-hybridized carbons (Fsp3) is 0.500. The van der Waals surface area contributed by atoms with Crippen LogP contribution in [-0.4, -0.2) is 38.2 Å². The molecule has 0 aromatic heterocycles. The quantitative estimate of drug-likeness (QED) is 0.871. The summed E-state index contributed by atoms with van der Waals surface area (Å²) in [5.41, 5.74) is 0.932. The van der Waals surface area contributed by atoms with Crippen LogP contribution in [0.5, 0.6) is 5.75 Å². The van der Waals surface area contributed by atoms with Crippen LogP contribution in [0.25, 0.3) is 0 Å². The molecule has 0 radical (unpaired) electrons. The van der Waals surface area contributed by atoms with E-state index in [1.807, 2.05) is 24.3 Å². The van der Waals surface area contributed by atoms with E-state index in [1.54, 1.807) is 0 Å². The molecule has 0 spiro atoms. The van der Waals surface area contributed by atoms with Gasteiger partial charge in [0.05, 0.1) is 18.1 Å². The third kappa shape index (κ3) is 2.98. The molecule has 1 N–H and O–H groups in total. The number of ether oxygens (including phenoxy) is 1. The van der Waals surface area contributed by atoms with Crippen molar-refractivity contribution in [1.82, 2.24) is 0 Å². The van der Waals surface area contributed by atoms with Crippen molar-refractivity contribution in [3.05, 3.63) is 29.8 Å². The summed E-state index contributed by atoms with van der Waals surface area (Å²) in [7, 11) is -2.89. The summed E-state index contributed by atoms with van der Waals surface area (Å²) in [6.45, 7) is 0.188. The Morgan fingerprint density at radius 2 is 2.12 bits per heavy atom. The molecule has 4 nitrogen and oxygen atoms in total. The van der Waals surface area contributed by atoms with Gasteiger partial charge in [0.25, 0.3) is 0 Å². The molecule has 1 aromatic carbocycles. The van der Waals surface area contributed by atoms with E-state index in [4.69, 9.17) is 9.84 Å². The minimum atomic E-state index is -2.89. The molecule has 1 heterocycles. The van der Waals surface area contributed by atoms with E-state index >= 15 is 0 Å². The normalized spacial score (nSPS) is 22.5. The van der Waals surface area contributed by atoms with Gasteiger partial charge in [0.2, 0.25) is 0 Å². The standard InChI is InChI=1S/C12H16O4S/c13-6-7-16-12-4-2-1-3-11(12)10-5-8-17(14,15)9-10/h1-4,10,13H,5-9H2. The second kappa shape index (κ2) is 5.06. The van der Waals surface area contributed by atoms with Gasteiger partial charge in [-0.1, -0.05) is 18.2 Å². The second-order valence-electron chi connectivity index (χ2n) is 4.21. The second-order valence-corrected chi connectivity index (χ2v) is 6.44. The van der Waals surface area contributed by atoms with Gasteiger partial charge in [-0.2, -0.15) is 0 Å². The summed E-state index contributed by atoms with van der Waals surface area (Å²) in [6.07, 6.45) is 0.655. The van der Waals surface area contributed by atoms with E-state index in [1.165, 1.54) is 0 Å². The number of aliphatic hydroxyl groups excluding tert-OH is 1. The van der Waals surface area contributed by atoms with Gasteiger partial charge in [-0.05, 0) is 18.1 Å². The van der Waals surface area contributed by atoms with Crippen molar-refractivity contribution in [2.45, 2.75) is 12.3 Å². The lowest BCUT2D eigenvalue weighted by atomic mass is 9.98. The highest BCUT2D eigenvalue weighted by molar-refractivity contribution is 7.91. The van der Waals surface area contributed by atoms with Gasteiger partial charge in [-0.25, -0.2) is 8.42 Å². The van der Waals surface area contributed by atoms with Crippen LogP contribution in [0.4, 0.5) is 0 Å². The number of sulfone groups is 1. The van der Waals surface area contributed by atoms with Crippen LogP contribution in [0.2, 0.25) is 0 Å². The Labute approximate surface area is 101 Å². The molecule has 0 amide bonds. The summed E-state index contributed by atoms with van der Waals surface area (Å²) >= 11 is 0. The Balaban J connectivity index is 2.20. The van der Waals surface area contributed by atoms with Gasteiger partial charge in [-0.15, -0.1) is 0 Å². The smallest absolute Gasteiger partial charge is 0.150 e. The molecule has 17 heavy (non-hydrogen) atoms. The molecule has 5 heteroatoms. The zero-order chi connectivity index (χ0) is 12.3. The van der Waals surface area contributed by atoms with E-state index in [0.29, 0.717) is 12.2 Å². The number of rotatable bonds is 4. The molecule has 1 unspecified atom stereocenters. The lowest BCUT2D eigenvalue weighted by Crippen LogP contribution is -2.08. The lowest BCUT2D eigenvalue weighted by molar-refractivity contribution is 0.200. The Morgan fingerprint density at radius 3 is 2.76 bits per heavy atom. The molecule has 1 aliphatic heterocycles. The summed E-state index contributed by atoms with van der Waals surface area (Å²) in [5.74, 6) is 1.16. The molecule has 0 bridgehead atoms. The van der Waals surface area contributed by atoms with Gasteiger partial charge in [0.1, 0.15) is 12.4 Å². The van der Waals surface area contributed by atoms with Crippen LogP contribution < -0.4 is 4.74 Å². The maximum Gasteiger partial charge on any atom is 0.150 e. The highest BCUT2D eigenvalue weighted by Crippen LogP contribution is 2.34. The molecule has 1 atom stereocenters. The van der Waals surface area contributed by atoms with Crippen molar-refractivity contribution in [1.29, 1.82) is 0 Å². The van der Waals surface area contributed by atoms with E-state index in [9.17, 15) is 8.42 Å². The predicted molar refractivity (Wildman–Crippen MR) is 65.0 cm³/mol. The van der Waals surface area contributed by atoms with Gasteiger partial charge >= 0.3 is 0 Å². The van der Waals surface area contributed by atoms with Gasteiger partial charge < -0.3 is 9.84 Å². The monoisotopic (exact) mass is 256 g/mol. The third-order valence-corrected chi connectivity index (χ3v) is 4.71. The number of hydrogen-bond acceptors (Lipinski definition) is 4. The maximum atomic E-state index is 11.5. The highest BCUT2D eigenvalue weighted by Gasteiger charge is 2.30. The third-order valence-electron chi connectivity index (χ3n) is 2.94. The molecule has 1 fully saturated rings. The average Bonchev–Trinajstić information content (AvgIpc) is 2.67. The summed E-state index contributed by atoms with van der Waals surface area (Å²) in [4.78, 5) is 0. The van der Waals surface area contributed by atoms with Crippen molar-refractivity contribution >= 4 is 9.84 Å². The Hall–Kier alpha value is -1.07. The van der Waals surface area contributed by atoms with Crippen LogP contribution in [0.3, 0.4) is 0 Å². The average molecular weight is 256 g/mol. The van der Waals surface area contributed by atoms with Crippen molar-refractivity contribution in [3.63, 3.8) is 0 Å². The Morgan fingerprint density at radius 1 is 1.35 bits per heavy atom. The first-order valence-corrected chi connectivity index (χ1v) is 7.47.